The molecule has 1 aliphatic carbocycles. The Morgan fingerprint density at radius 1 is 1.29 bits per heavy atom. The van der Waals surface area contributed by atoms with Crippen LogP contribution in [-0.4, -0.2) is 15.9 Å². The van der Waals surface area contributed by atoms with Crippen molar-refractivity contribution in [1.82, 2.24) is 10.1 Å². The molecule has 0 bridgehead atoms. The van der Waals surface area contributed by atoms with Gasteiger partial charge in [0.05, 0.1) is 0 Å². The molecule has 4 heteroatoms. The van der Waals surface area contributed by atoms with Crippen LogP contribution in [0.3, 0.4) is 0 Å². The van der Waals surface area contributed by atoms with Crippen molar-refractivity contribution in [3.63, 3.8) is 0 Å². The van der Waals surface area contributed by atoms with Crippen molar-refractivity contribution in [3.05, 3.63) is 11.7 Å². The highest BCUT2D eigenvalue weighted by Gasteiger charge is 2.19. The van der Waals surface area contributed by atoms with Crippen LogP contribution in [0.5, 0.6) is 0 Å². The maximum atomic E-state index is 10.9. The van der Waals surface area contributed by atoms with Crippen molar-refractivity contribution >= 4 is 5.78 Å². The summed E-state index contributed by atoms with van der Waals surface area (Å²) in [4.78, 5) is 15.3. The van der Waals surface area contributed by atoms with Crippen LogP contribution >= 0.6 is 0 Å². The second-order valence-corrected chi connectivity index (χ2v) is 4.94. The number of hydrogen-bond acceptors (Lipinski definition) is 4. The molecule has 17 heavy (non-hydrogen) atoms. The molecule has 0 saturated heterocycles. The van der Waals surface area contributed by atoms with Crippen LogP contribution in [0.2, 0.25) is 0 Å². The summed E-state index contributed by atoms with van der Waals surface area (Å²) in [5, 5.41) is 4.06. The molecule has 1 fully saturated rings. The first-order chi connectivity index (χ1) is 8.25. The fourth-order valence-corrected chi connectivity index (χ4v) is 2.36. The first kappa shape index (κ1) is 12.3. The van der Waals surface area contributed by atoms with E-state index in [2.05, 4.69) is 10.1 Å². The Labute approximate surface area is 102 Å². The van der Waals surface area contributed by atoms with Gasteiger partial charge in [-0.25, -0.2) is 0 Å². The zero-order chi connectivity index (χ0) is 12.1. The van der Waals surface area contributed by atoms with Crippen molar-refractivity contribution in [2.45, 2.75) is 64.2 Å². The van der Waals surface area contributed by atoms with E-state index >= 15 is 0 Å². The molecule has 2 rings (SSSR count). The van der Waals surface area contributed by atoms with Gasteiger partial charge in [-0.1, -0.05) is 30.8 Å². The van der Waals surface area contributed by atoms with E-state index in [1.54, 1.807) is 6.92 Å². The molecular weight excluding hydrogens is 216 g/mol. The summed E-state index contributed by atoms with van der Waals surface area (Å²) in [6.07, 6.45) is 8.60. The van der Waals surface area contributed by atoms with Gasteiger partial charge in [0.1, 0.15) is 5.78 Å². The largest absolute Gasteiger partial charge is 0.339 e. The smallest absolute Gasteiger partial charge is 0.227 e. The number of carbonyl (C=O) groups excluding carboxylic acids is 1. The topological polar surface area (TPSA) is 56.0 Å². The Bertz CT molecular complexity index is 365. The predicted molar refractivity (Wildman–Crippen MR) is 63.7 cm³/mol. The summed E-state index contributed by atoms with van der Waals surface area (Å²) in [6, 6.07) is 0. The third kappa shape index (κ3) is 3.65. The molecule has 0 aliphatic heterocycles. The minimum Gasteiger partial charge on any atom is -0.339 e. The van der Waals surface area contributed by atoms with Crippen LogP contribution in [0.15, 0.2) is 4.52 Å². The average Bonchev–Trinajstić information content (AvgIpc) is 2.60. The van der Waals surface area contributed by atoms with Crippen LogP contribution in [0.1, 0.15) is 69.5 Å². The lowest BCUT2D eigenvalue weighted by Gasteiger charge is -2.07. The number of carbonyl (C=O) groups is 1. The molecule has 0 N–H and O–H groups in total. The zero-order valence-electron chi connectivity index (χ0n) is 10.4. The number of aryl methyl sites for hydroxylation is 1. The Morgan fingerprint density at radius 2 is 2.00 bits per heavy atom. The molecule has 1 aliphatic rings. The zero-order valence-corrected chi connectivity index (χ0v) is 10.4. The van der Waals surface area contributed by atoms with Crippen LogP contribution in [-0.2, 0) is 11.2 Å². The van der Waals surface area contributed by atoms with Crippen molar-refractivity contribution in [2.24, 2.45) is 0 Å². The van der Waals surface area contributed by atoms with E-state index in [0.717, 1.165) is 5.82 Å². The van der Waals surface area contributed by atoms with Crippen molar-refractivity contribution < 1.29 is 9.32 Å². The molecule has 0 spiro atoms. The Balaban J connectivity index is 1.94. The van der Waals surface area contributed by atoms with Crippen LogP contribution in [0.4, 0.5) is 0 Å². The normalized spacial score (nSPS) is 17.9. The van der Waals surface area contributed by atoms with Crippen LogP contribution < -0.4 is 0 Å². The maximum absolute atomic E-state index is 10.9. The third-order valence-electron chi connectivity index (χ3n) is 3.40. The summed E-state index contributed by atoms with van der Waals surface area (Å²) < 4.78 is 5.20. The standard InChI is InChI=1S/C13H20N2O2/c1-10(16)8-9-12-14-13(15-17-12)11-6-4-2-3-5-7-11/h11H,2-9H2,1H3. The third-order valence-corrected chi connectivity index (χ3v) is 3.40. The Kier molecular flexibility index (Phi) is 4.29. The minimum absolute atomic E-state index is 0.166. The van der Waals surface area contributed by atoms with Gasteiger partial charge in [0, 0.05) is 18.8 Å². The molecular formula is C13H20N2O2. The van der Waals surface area contributed by atoms with Gasteiger partial charge in [0.25, 0.3) is 0 Å². The van der Waals surface area contributed by atoms with E-state index in [0.29, 0.717) is 24.7 Å². The molecule has 1 saturated carbocycles. The molecule has 0 atom stereocenters. The summed E-state index contributed by atoms with van der Waals surface area (Å²) >= 11 is 0. The van der Waals surface area contributed by atoms with Crippen molar-refractivity contribution in [1.29, 1.82) is 0 Å². The molecule has 94 valence electrons. The lowest BCUT2D eigenvalue weighted by molar-refractivity contribution is -0.117. The molecule has 1 heterocycles. The highest BCUT2D eigenvalue weighted by Crippen LogP contribution is 2.29. The number of Topliss-reactive ketones (excluding diaryl/α,β-unsaturated/α-hetero) is 1. The van der Waals surface area contributed by atoms with Gasteiger partial charge in [0.15, 0.2) is 5.82 Å². The molecule has 1 aromatic rings. The van der Waals surface area contributed by atoms with Gasteiger partial charge in [0.2, 0.25) is 5.89 Å². The second kappa shape index (κ2) is 5.94. The fourth-order valence-electron chi connectivity index (χ4n) is 2.36. The number of rotatable bonds is 4. The SMILES string of the molecule is CC(=O)CCc1nc(C2CCCCCC2)no1. The first-order valence-electron chi connectivity index (χ1n) is 6.57. The second-order valence-electron chi connectivity index (χ2n) is 4.94. The summed E-state index contributed by atoms with van der Waals surface area (Å²) in [6.45, 7) is 1.59. The average molecular weight is 236 g/mol. The van der Waals surface area contributed by atoms with Crippen molar-refractivity contribution in [2.75, 3.05) is 0 Å². The van der Waals surface area contributed by atoms with E-state index in [1.165, 1.54) is 38.5 Å². The van der Waals surface area contributed by atoms with Crippen LogP contribution in [0, 0.1) is 0 Å². The monoisotopic (exact) mass is 236 g/mol. The lowest BCUT2D eigenvalue weighted by atomic mass is 10.00. The summed E-state index contributed by atoms with van der Waals surface area (Å²) in [7, 11) is 0. The van der Waals surface area contributed by atoms with Gasteiger partial charge < -0.3 is 9.32 Å². The quantitative estimate of drug-likeness (QED) is 0.754. The summed E-state index contributed by atoms with van der Waals surface area (Å²) in [5.41, 5.74) is 0. The maximum Gasteiger partial charge on any atom is 0.227 e. The Hall–Kier alpha value is -1.19. The van der Waals surface area contributed by atoms with Gasteiger partial charge in [-0.15, -0.1) is 0 Å². The minimum atomic E-state index is 0.166. The summed E-state index contributed by atoms with van der Waals surface area (Å²) in [5.74, 6) is 2.09. The van der Waals surface area contributed by atoms with Gasteiger partial charge in [-0.3, -0.25) is 0 Å². The molecule has 4 nitrogen and oxygen atoms in total. The van der Waals surface area contributed by atoms with E-state index in [1.807, 2.05) is 0 Å². The molecule has 0 aromatic carbocycles. The van der Waals surface area contributed by atoms with E-state index < -0.39 is 0 Å². The molecule has 1 aromatic heterocycles. The van der Waals surface area contributed by atoms with E-state index in [9.17, 15) is 4.79 Å². The van der Waals surface area contributed by atoms with Gasteiger partial charge in [-0.05, 0) is 19.8 Å². The number of aromatic nitrogens is 2. The lowest BCUT2D eigenvalue weighted by Crippen LogP contribution is -2.00. The highest BCUT2D eigenvalue weighted by atomic mass is 16.5. The first-order valence-corrected chi connectivity index (χ1v) is 6.57. The Morgan fingerprint density at radius 3 is 2.65 bits per heavy atom. The van der Waals surface area contributed by atoms with E-state index in [4.69, 9.17) is 4.52 Å². The molecule has 0 amide bonds. The fraction of sp³-hybridized carbons (Fsp3) is 0.769. The number of nitrogens with zero attached hydrogens (tertiary/aromatic N) is 2. The van der Waals surface area contributed by atoms with Gasteiger partial charge in [-0.2, -0.15) is 4.98 Å². The van der Waals surface area contributed by atoms with Crippen molar-refractivity contribution in [3.8, 4) is 0 Å². The number of hydrogen-bond donors (Lipinski definition) is 0. The van der Waals surface area contributed by atoms with Crippen LogP contribution in [0.25, 0.3) is 0 Å². The molecule has 0 radical (unpaired) electrons. The van der Waals surface area contributed by atoms with E-state index in [-0.39, 0.29) is 5.78 Å². The predicted octanol–water partition coefficient (Wildman–Crippen LogP) is 3.03. The molecule has 0 unspecified atom stereocenters. The van der Waals surface area contributed by atoms with Gasteiger partial charge >= 0.3 is 0 Å². The number of ketones is 1. The highest BCUT2D eigenvalue weighted by molar-refractivity contribution is 5.75.